The summed E-state index contributed by atoms with van der Waals surface area (Å²) in [6, 6.07) is 7.06. The molecule has 0 atom stereocenters. The lowest BCUT2D eigenvalue weighted by atomic mass is 10.2. The predicted octanol–water partition coefficient (Wildman–Crippen LogP) is 1.48. The third-order valence-corrected chi connectivity index (χ3v) is 3.83. The fraction of sp³-hybridized carbons (Fsp3) is 0.500. The molecule has 7 heteroatoms. The molecular weight excluding hydrogens is 314 g/mol. The molecule has 6 nitrogen and oxygen atoms in total. The molecule has 1 heterocycles. The highest BCUT2D eigenvalue weighted by Crippen LogP contribution is 2.11. The SMILES string of the molecule is COC(=O)c1cccc(NC(=S)NCCCN2CCOCC2)c1. The molecule has 0 radical (unpaired) electrons. The average molecular weight is 337 g/mol. The maximum Gasteiger partial charge on any atom is 0.337 e. The normalized spacial score (nSPS) is 15.0. The van der Waals surface area contributed by atoms with E-state index in [2.05, 4.69) is 15.5 Å². The van der Waals surface area contributed by atoms with Gasteiger partial charge < -0.3 is 20.1 Å². The Balaban J connectivity index is 1.69. The Morgan fingerprint density at radius 1 is 1.39 bits per heavy atom. The molecule has 2 rings (SSSR count). The first-order chi connectivity index (χ1) is 11.2. The van der Waals surface area contributed by atoms with Gasteiger partial charge in [0.25, 0.3) is 0 Å². The Hall–Kier alpha value is -1.70. The number of carbonyl (C=O) groups is 1. The molecule has 0 amide bonds. The van der Waals surface area contributed by atoms with Crippen molar-refractivity contribution in [2.45, 2.75) is 6.42 Å². The number of nitrogens with zero attached hydrogens (tertiary/aromatic N) is 1. The summed E-state index contributed by atoms with van der Waals surface area (Å²) in [5, 5.41) is 6.81. The van der Waals surface area contributed by atoms with Crippen LogP contribution in [0, 0.1) is 0 Å². The van der Waals surface area contributed by atoms with E-state index in [4.69, 9.17) is 21.7 Å². The molecule has 1 aliphatic rings. The second-order valence-corrected chi connectivity index (χ2v) is 5.67. The Morgan fingerprint density at radius 3 is 2.91 bits per heavy atom. The van der Waals surface area contributed by atoms with Gasteiger partial charge in [-0.25, -0.2) is 4.79 Å². The van der Waals surface area contributed by atoms with Gasteiger partial charge in [0, 0.05) is 25.3 Å². The Kier molecular flexibility index (Phi) is 7.25. The third kappa shape index (κ3) is 6.13. The number of hydrogen-bond acceptors (Lipinski definition) is 5. The summed E-state index contributed by atoms with van der Waals surface area (Å²) < 4.78 is 10.0. The van der Waals surface area contributed by atoms with Crippen LogP contribution in [0.1, 0.15) is 16.8 Å². The van der Waals surface area contributed by atoms with Gasteiger partial charge in [0.15, 0.2) is 5.11 Å². The number of rotatable bonds is 6. The number of carbonyl (C=O) groups excluding carboxylic acids is 1. The number of nitrogens with one attached hydrogen (secondary N) is 2. The van der Waals surface area contributed by atoms with Crippen molar-refractivity contribution in [2.24, 2.45) is 0 Å². The van der Waals surface area contributed by atoms with Crippen molar-refractivity contribution in [1.29, 1.82) is 0 Å². The van der Waals surface area contributed by atoms with Gasteiger partial charge in [-0.1, -0.05) is 6.07 Å². The van der Waals surface area contributed by atoms with Gasteiger partial charge >= 0.3 is 5.97 Å². The summed E-state index contributed by atoms with van der Waals surface area (Å²) in [6.45, 7) is 5.50. The average Bonchev–Trinajstić information content (AvgIpc) is 2.59. The molecule has 2 N–H and O–H groups in total. The highest BCUT2D eigenvalue weighted by molar-refractivity contribution is 7.80. The summed E-state index contributed by atoms with van der Waals surface area (Å²) >= 11 is 5.27. The van der Waals surface area contributed by atoms with Gasteiger partial charge in [0.05, 0.1) is 25.9 Å². The zero-order chi connectivity index (χ0) is 16.5. The van der Waals surface area contributed by atoms with Crippen LogP contribution < -0.4 is 10.6 Å². The summed E-state index contributed by atoms with van der Waals surface area (Å²) in [7, 11) is 1.36. The summed E-state index contributed by atoms with van der Waals surface area (Å²) in [5.74, 6) is -0.363. The summed E-state index contributed by atoms with van der Waals surface area (Å²) in [6.07, 6.45) is 1.02. The van der Waals surface area contributed by atoms with E-state index in [0.717, 1.165) is 51.5 Å². The lowest BCUT2D eigenvalue weighted by molar-refractivity contribution is 0.0376. The van der Waals surface area contributed by atoms with Crippen molar-refractivity contribution in [3.8, 4) is 0 Å². The van der Waals surface area contributed by atoms with Crippen molar-refractivity contribution in [3.63, 3.8) is 0 Å². The molecule has 1 aromatic rings. The number of benzene rings is 1. The maximum atomic E-state index is 11.5. The number of thiocarbonyl (C=S) groups is 1. The monoisotopic (exact) mass is 337 g/mol. The standard InChI is InChI=1S/C16H23N3O3S/c1-21-15(20)13-4-2-5-14(12-13)18-16(23)17-6-3-7-19-8-10-22-11-9-19/h2,4-5,12H,3,6-11H2,1H3,(H2,17,18,23). The molecule has 0 aliphatic carbocycles. The smallest absolute Gasteiger partial charge is 0.337 e. The number of morpholine rings is 1. The van der Waals surface area contributed by atoms with Gasteiger partial charge in [-0.15, -0.1) is 0 Å². The van der Waals surface area contributed by atoms with E-state index < -0.39 is 0 Å². The molecule has 23 heavy (non-hydrogen) atoms. The first-order valence-corrected chi connectivity index (χ1v) is 8.13. The zero-order valence-corrected chi connectivity index (χ0v) is 14.2. The third-order valence-electron chi connectivity index (χ3n) is 3.58. The van der Waals surface area contributed by atoms with Crippen LogP contribution in [0.3, 0.4) is 0 Å². The lowest BCUT2D eigenvalue weighted by Crippen LogP contribution is -2.38. The molecule has 1 fully saturated rings. The van der Waals surface area contributed by atoms with Crippen LogP contribution in [-0.4, -0.2) is 62.5 Å². The molecule has 0 saturated carbocycles. The quantitative estimate of drug-likeness (QED) is 0.463. The van der Waals surface area contributed by atoms with Crippen molar-refractivity contribution < 1.29 is 14.3 Å². The maximum absolute atomic E-state index is 11.5. The predicted molar refractivity (Wildman–Crippen MR) is 93.9 cm³/mol. The Morgan fingerprint density at radius 2 is 2.17 bits per heavy atom. The number of esters is 1. The minimum absolute atomic E-state index is 0.363. The van der Waals surface area contributed by atoms with Gasteiger partial charge in [-0.3, -0.25) is 4.90 Å². The topological polar surface area (TPSA) is 62.8 Å². The first kappa shape index (κ1) is 17.7. The Labute approximate surface area is 142 Å². The van der Waals surface area contributed by atoms with Crippen LogP contribution in [0.4, 0.5) is 5.69 Å². The molecular formula is C16H23N3O3S. The highest BCUT2D eigenvalue weighted by atomic mass is 32.1. The van der Waals surface area contributed by atoms with Gasteiger partial charge in [0.2, 0.25) is 0 Å². The minimum atomic E-state index is -0.363. The number of anilines is 1. The molecule has 1 saturated heterocycles. The Bertz CT molecular complexity index is 533. The van der Waals surface area contributed by atoms with Crippen LogP contribution in [-0.2, 0) is 9.47 Å². The number of ether oxygens (including phenoxy) is 2. The van der Waals surface area contributed by atoms with Gasteiger partial charge in [-0.2, -0.15) is 0 Å². The van der Waals surface area contributed by atoms with Crippen LogP contribution in [0.15, 0.2) is 24.3 Å². The second-order valence-electron chi connectivity index (χ2n) is 5.26. The lowest BCUT2D eigenvalue weighted by Gasteiger charge is -2.26. The molecule has 0 aromatic heterocycles. The van der Waals surface area contributed by atoms with Crippen molar-refractivity contribution >= 4 is 29.0 Å². The fourth-order valence-corrected chi connectivity index (χ4v) is 2.57. The van der Waals surface area contributed by atoms with Crippen LogP contribution in [0.5, 0.6) is 0 Å². The van der Waals surface area contributed by atoms with Crippen LogP contribution in [0.25, 0.3) is 0 Å². The number of methoxy groups -OCH3 is 1. The largest absolute Gasteiger partial charge is 0.465 e. The molecule has 1 aromatic carbocycles. The van der Waals surface area contributed by atoms with Crippen molar-refractivity contribution in [2.75, 3.05) is 51.8 Å². The summed E-state index contributed by atoms with van der Waals surface area (Å²) in [5.41, 5.74) is 1.26. The molecule has 0 unspecified atom stereocenters. The van der Waals surface area contributed by atoms with Crippen molar-refractivity contribution in [3.05, 3.63) is 29.8 Å². The van der Waals surface area contributed by atoms with E-state index in [-0.39, 0.29) is 5.97 Å². The second kappa shape index (κ2) is 9.44. The molecule has 1 aliphatic heterocycles. The van der Waals surface area contributed by atoms with Crippen molar-refractivity contribution in [1.82, 2.24) is 10.2 Å². The zero-order valence-electron chi connectivity index (χ0n) is 13.3. The van der Waals surface area contributed by atoms with E-state index >= 15 is 0 Å². The molecule has 0 bridgehead atoms. The van der Waals surface area contributed by atoms with Crippen LogP contribution >= 0.6 is 12.2 Å². The summed E-state index contributed by atoms with van der Waals surface area (Å²) in [4.78, 5) is 13.9. The number of hydrogen-bond donors (Lipinski definition) is 2. The van der Waals surface area contributed by atoms with E-state index in [1.807, 2.05) is 6.07 Å². The first-order valence-electron chi connectivity index (χ1n) is 7.72. The van der Waals surface area contributed by atoms with Gasteiger partial charge in [-0.05, 0) is 43.4 Å². The van der Waals surface area contributed by atoms with Gasteiger partial charge in [0.1, 0.15) is 0 Å². The minimum Gasteiger partial charge on any atom is -0.465 e. The molecule has 126 valence electrons. The fourth-order valence-electron chi connectivity index (χ4n) is 2.35. The van der Waals surface area contributed by atoms with E-state index in [9.17, 15) is 4.79 Å². The van der Waals surface area contributed by atoms with E-state index in [0.29, 0.717) is 10.7 Å². The van der Waals surface area contributed by atoms with E-state index in [1.165, 1.54) is 7.11 Å². The molecule has 0 spiro atoms. The highest BCUT2D eigenvalue weighted by Gasteiger charge is 2.09. The van der Waals surface area contributed by atoms with E-state index in [1.54, 1.807) is 18.2 Å². The van der Waals surface area contributed by atoms with Crippen LogP contribution in [0.2, 0.25) is 0 Å².